The summed E-state index contributed by atoms with van der Waals surface area (Å²) in [6, 6.07) is 22.9. The molecule has 0 aromatic heterocycles. The Morgan fingerprint density at radius 1 is 0.806 bits per heavy atom. The van der Waals surface area contributed by atoms with Gasteiger partial charge in [-0.05, 0) is 67.7 Å². The largest absolute Gasteiger partial charge is 0.456 e. The second-order valence-corrected chi connectivity index (χ2v) is 18.7. The van der Waals surface area contributed by atoms with Crippen LogP contribution in [0, 0.1) is 16.7 Å². The minimum absolute atomic E-state index is 0.00289. The number of fused-ring (bicyclic) bond motifs is 5. The second-order valence-electron chi connectivity index (χ2n) is 18.7. The van der Waals surface area contributed by atoms with Crippen molar-refractivity contribution < 1.29 is 72.5 Å². The van der Waals surface area contributed by atoms with Gasteiger partial charge in [0.1, 0.15) is 23.9 Å². The molecule has 2 heterocycles. The number of ketones is 1. The lowest BCUT2D eigenvalue weighted by Gasteiger charge is -2.67. The summed E-state index contributed by atoms with van der Waals surface area (Å²) in [6.07, 6.45) is -7.96. The molecule has 16 nitrogen and oxygen atoms in total. The SMILES string of the molecule is C1CCOC1.CC(=O)O[C@H]1C(=O)[C@@]2(C)[C@H]([C@H](OC(=O)c3ccccc3)[C@]3(O)C[C@H](OC(=O)[C@H](O)[C@@H](NC(=O)c4ccccc4)c4ccccc4)C(C)=C1C3(C)C)[C@]1(OC(C)=O)CO[C@@H]1C[C@@H]2O. The van der Waals surface area contributed by atoms with Gasteiger partial charge < -0.3 is 49.1 Å². The lowest BCUT2D eigenvalue weighted by molar-refractivity contribution is -0.346. The Balaban J connectivity index is 0.00000125. The number of amides is 1. The van der Waals surface area contributed by atoms with Crippen molar-refractivity contribution in [1.82, 2.24) is 5.32 Å². The van der Waals surface area contributed by atoms with Crippen molar-refractivity contribution in [2.75, 3.05) is 19.8 Å². The smallest absolute Gasteiger partial charge is 0.338 e. The molecule has 5 aliphatic rings. The maximum atomic E-state index is 15.5. The van der Waals surface area contributed by atoms with Gasteiger partial charge >= 0.3 is 23.9 Å². The van der Waals surface area contributed by atoms with E-state index in [4.69, 9.17) is 28.4 Å². The molecular weight excluding hydrogens is 867 g/mol. The van der Waals surface area contributed by atoms with E-state index in [1.807, 2.05) is 0 Å². The van der Waals surface area contributed by atoms with E-state index in [0.29, 0.717) is 5.56 Å². The van der Waals surface area contributed by atoms with Crippen molar-refractivity contribution in [1.29, 1.82) is 0 Å². The molecule has 2 saturated carbocycles. The number of carbonyl (C=O) groups is 6. The van der Waals surface area contributed by atoms with Crippen molar-refractivity contribution in [2.45, 2.75) is 121 Å². The van der Waals surface area contributed by atoms with Crippen molar-refractivity contribution in [3.8, 4) is 0 Å². The Hall–Kier alpha value is -5.78. The molecule has 0 unspecified atom stereocenters. The summed E-state index contributed by atoms with van der Waals surface area (Å²) in [7, 11) is 0. The van der Waals surface area contributed by atoms with E-state index in [-0.39, 0.29) is 35.3 Å². The number of benzene rings is 3. The summed E-state index contributed by atoms with van der Waals surface area (Å²) in [4.78, 5) is 83.5. The standard InChI is InChI=1S/C47H51NO14.C4H8O/c1-25-31(60-43(56)36(52)35(28-16-10-7-11-17-28)48-41(54)29-18-12-8-13-19-29)23-47(57)40(61-42(55)30-20-14-9-15-21-30)38-45(6,32(51)22-33-46(38,24-58-33)62-27(3)50)39(53)37(59-26(2)49)34(25)44(47,4)5;1-2-4-5-3-1/h7-21,31-33,35-38,40,51-52,57H,22-24H2,1-6H3,(H,48,54);1-4H2/t31-,32-,33+,35-,36+,37+,38-,40-,45+,46-,47+;/m0./s1. The fourth-order valence-electron chi connectivity index (χ4n) is 10.7. The van der Waals surface area contributed by atoms with Gasteiger partial charge in [0.25, 0.3) is 5.91 Å². The molecule has 2 bridgehead atoms. The maximum absolute atomic E-state index is 15.5. The van der Waals surface area contributed by atoms with Gasteiger partial charge in [-0.3, -0.25) is 19.2 Å². The summed E-state index contributed by atoms with van der Waals surface area (Å²) < 4.78 is 35.2. The topological polar surface area (TPSA) is 231 Å². The molecule has 4 fully saturated rings. The Morgan fingerprint density at radius 3 is 1.91 bits per heavy atom. The summed E-state index contributed by atoms with van der Waals surface area (Å²) >= 11 is 0. The van der Waals surface area contributed by atoms with E-state index in [0.717, 1.165) is 27.1 Å². The molecular formula is C51H59NO15. The molecule has 1 amide bonds. The fourth-order valence-corrected chi connectivity index (χ4v) is 10.7. The Bertz CT molecular complexity index is 2360. The molecule has 67 heavy (non-hydrogen) atoms. The second kappa shape index (κ2) is 19.4. The third-order valence-corrected chi connectivity index (χ3v) is 14.3. The summed E-state index contributed by atoms with van der Waals surface area (Å²) in [5, 5.41) is 40.2. The molecule has 3 aromatic carbocycles. The van der Waals surface area contributed by atoms with E-state index >= 15 is 4.79 Å². The Labute approximate surface area is 388 Å². The van der Waals surface area contributed by atoms with Gasteiger partial charge in [0, 0.05) is 50.9 Å². The van der Waals surface area contributed by atoms with Crippen LogP contribution in [0.2, 0.25) is 0 Å². The normalized spacial score (nSPS) is 31.3. The molecule has 8 rings (SSSR count). The number of hydrogen-bond acceptors (Lipinski definition) is 15. The maximum Gasteiger partial charge on any atom is 0.338 e. The van der Waals surface area contributed by atoms with E-state index in [1.165, 1.54) is 38.8 Å². The number of Topliss-reactive ketones (excluding diaryl/α,β-unsaturated/α-hetero) is 1. The molecule has 16 heteroatoms. The van der Waals surface area contributed by atoms with Gasteiger partial charge in [-0.25, -0.2) is 9.59 Å². The van der Waals surface area contributed by atoms with Gasteiger partial charge in [0.05, 0.1) is 35.6 Å². The number of nitrogens with one attached hydrogen (secondary N) is 1. The van der Waals surface area contributed by atoms with Crippen LogP contribution in [-0.2, 0) is 47.6 Å². The number of esters is 4. The molecule has 3 aliphatic carbocycles. The number of carbonyl (C=O) groups excluding carboxylic acids is 6. The average molecular weight is 926 g/mol. The van der Waals surface area contributed by atoms with Crippen LogP contribution in [0.4, 0.5) is 0 Å². The number of aliphatic hydroxyl groups excluding tert-OH is 2. The molecule has 11 atom stereocenters. The fraction of sp³-hybridized carbons (Fsp3) is 0.490. The summed E-state index contributed by atoms with van der Waals surface area (Å²) in [5.41, 5.74) is -7.02. The highest BCUT2D eigenvalue weighted by atomic mass is 16.6. The summed E-state index contributed by atoms with van der Waals surface area (Å²) in [5.74, 6) is -6.84. The van der Waals surface area contributed by atoms with Crippen molar-refractivity contribution in [2.24, 2.45) is 16.7 Å². The third-order valence-electron chi connectivity index (χ3n) is 14.3. The Kier molecular flexibility index (Phi) is 14.3. The van der Waals surface area contributed by atoms with Crippen molar-refractivity contribution in [3.63, 3.8) is 0 Å². The van der Waals surface area contributed by atoms with Crippen LogP contribution in [0.5, 0.6) is 0 Å². The van der Waals surface area contributed by atoms with Crippen LogP contribution < -0.4 is 5.32 Å². The number of ether oxygens (including phenoxy) is 6. The van der Waals surface area contributed by atoms with E-state index in [1.54, 1.807) is 92.7 Å². The first-order chi connectivity index (χ1) is 31.8. The zero-order valence-corrected chi connectivity index (χ0v) is 38.5. The number of hydrogen-bond donors (Lipinski definition) is 4. The van der Waals surface area contributed by atoms with Crippen molar-refractivity contribution >= 4 is 35.6 Å². The van der Waals surface area contributed by atoms with Crippen LogP contribution in [0.3, 0.4) is 0 Å². The molecule has 358 valence electrons. The lowest BCUT2D eigenvalue weighted by Crippen LogP contribution is -2.82. The zero-order valence-electron chi connectivity index (χ0n) is 38.5. The van der Waals surface area contributed by atoms with Crippen molar-refractivity contribution in [3.05, 3.63) is 119 Å². The highest BCUT2D eigenvalue weighted by Crippen LogP contribution is 2.64. The van der Waals surface area contributed by atoms with Gasteiger partial charge in [-0.2, -0.15) is 0 Å². The molecule has 3 aromatic rings. The molecule has 0 spiro atoms. The highest BCUT2D eigenvalue weighted by molar-refractivity contribution is 5.96. The van der Waals surface area contributed by atoms with E-state index in [2.05, 4.69) is 5.32 Å². The summed E-state index contributed by atoms with van der Waals surface area (Å²) in [6.45, 7) is 9.97. The first kappa shape index (κ1) is 49.1. The lowest BCUT2D eigenvalue weighted by atomic mass is 9.44. The zero-order chi connectivity index (χ0) is 48.5. The number of rotatable bonds is 10. The van der Waals surface area contributed by atoms with Gasteiger partial charge in [-0.1, -0.05) is 80.6 Å². The van der Waals surface area contributed by atoms with Crippen LogP contribution in [-0.4, -0.2) is 119 Å². The van der Waals surface area contributed by atoms with Gasteiger partial charge in [-0.15, -0.1) is 0 Å². The molecule has 2 saturated heterocycles. The molecule has 2 aliphatic heterocycles. The first-order valence-corrected chi connectivity index (χ1v) is 22.6. The first-order valence-electron chi connectivity index (χ1n) is 22.6. The Morgan fingerprint density at radius 2 is 1.39 bits per heavy atom. The predicted molar refractivity (Wildman–Crippen MR) is 238 cm³/mol. The van der Waals surface area contributed by atoms with Crippen LogP contribution in [0.1, 0.15) is 99.5 Å². The minimum Gasteiger partial charge on any atom is -0.456 e. The molecule has 4 N–H and O–H groups in total. The van der Waals surface area contributed by atoms with Gasteiger partial charge in [0.2, 0.25) is 0 Å². The highest BCUT2D eigenvalue weighted by Gasteiger charge is 2.78. The van der Waals surface area contributed by atoms with Crippen LogP contribution >= 0.6 is 0 Å². The minimum atomic E-state index is -2.39. The predicted octanol–water partition coefficient (Wildman–Crippen LogP) is 4.53. The van der Waals surface area contributed by atoms with E-state index < -0.39 is 113 Å². The average Bonchev–Trinajstić information content (AvgIpc) is 3.90. The number of aliphatic hydroxyl groups is 3. The van der Waals surface area contributed by atoms with Crippen LogP contribution in [0.15, 0.2) is 102 Å². The molecule has 0 radical (unpaired) electrons. The monoisotopic (exact) mass is 925 g/mol. The van der Waals surface area contributed by atoms with E-state index in [9.17, 15) is 39.3 Å². The van der Waals surface area contributed by atoms with Crippen LogP contribution in [0.25, 0.3) is 0 Å². The van der Waals surface area contributed by atoms with Gasteiger partial charge in [0.15, 0.2) is 23.6 Å². The third kappa shape index (κ3) is 9.05. The quantitative estimate of drug-likeness (QED) is 0.124.